The maximum Gasteiger partial charge on any atom is 0.261 e. The third-order valence-electron chi connectivity index (χ3n) is 3.94. The summed E-state index contributed by atoms with van der Waals surface area (Å²) in [5.41, 5.74) is 2.70. The first-order chi connectivity index (χ1) is 12.5. The number of hydrogen-bond acceptors (Lipinski definition) is 3. The number of aromatic nitrogens is 2. The third kappa shape index (κ3) is 3.23. The van der Waals surface area contributed by atoms with Gasteiger partial charge in [-0.2, -0.15) is 0 Å². The van der Waals surface area contributed by atoms with E-state index in [2.05, 4.69) is 25.6 Å². The van der Waals surface area contributed by atoms with Crippen LogP contribution in [0.15, 0.2) is 88.5 Å². The molecular weight excluding hydrogens is 414 g/mol. The molecule has 2 aromatic heterocycles. The van der Waals surface area contributed by atoms with Crippen LogP contribution in [0.2, 0.25) is 0 Å². The van der Waals surface area contributed by atoms with Crippen molar-refractivity contribution in [2.24, 2.45) is 0 Å². The minimum Gasteiger partial charge on any atom is -0.306 e. The molecule has 5 nitrogen and oxygen atoms in total. The molecular formula is C19H14BrN3O2S. The Morgan fingerprint density at radius 3 is 2.42 bits per heavy atom. The average molecular weight is 428 g/mol. The van der Waals surface area contributed by atoms with E-state index < -0.39 is 10.0 Å². The van der Waals surface area contributed by atoms with E-state index in [0.29, 0.717) is 11.4 Å². The Labute approximate surface area is 159 Å². The third-order valence-corrected chi connectivity index (χ3v) is 5.85. The molecule has 7 heteroatoms. The largest absolute Gasteiger partial charge is 0.306 e. The Bertz CT molecular complexity index is 1150. The monoisotopic (exact) mass is 427 g/mol. The second kappa shape index (κ2) is 6.59. The van der Waals surface area contributed by atoms with E-state index in [9.17, 15) is 8.42 Å². The molecule has 26 heavy (non-hydrogen) atoms. The summed E-state index contributed by atoms with van der Waals surface area (Å²) >= 11 is 3.31. The molecule has 4 aromatic rings. The highest BCUT2D eigenvalue weighted by molar-refractivity contribution is 9.10. The molecule has 0 radical (unpaired) electrons. The molecule has 0 aliphatic heterocycles. The summed E-state index contributed by atoms with van der Waals surface area (Å²) in [5, 5.41) is 0. The van der Waals surface area contributed by atoms with E-state index in [1.165, 1.54) is 0 Å². The number of para-hydroxylation sites is 1. The Morgan fingerprint density at radius 2 is 1.65 bits per heavy atom. The second-order valence-electron chi connectivity index (χ2n) is 5.70. The summed E-state index contributed by atoms with van der Waals surface area (Å²) in [6.45, 7) is 0. The maximum atomic E-state index is 12.7. The molecule has 0 aliphatic rings. The number of benzene rings is 2. The zero-order chi connectivity index (χ0) is 18.1. The van der Waals surface area contributed by atoms with Crippen molar-refractivity contribution in [1.82, 2.24) is 9.38 Å². The van der Waals surface area contributed by atoms with E-state index in [1.54, 1.807) is 36.4 Å². The van der Waals surface area contributed by atoms with Gasteiger partial charge in [0.2, 0.25) is 0 Å². The zero-order valence-electron chi connectivity index (χ0n) is 13.5. The van der Waals surface area contributed by atoms with Crippen LogP contribution in [0.5, 0.6) is 0 Å². The van der Waals surface area contributed by atoms with Gasteiger partial charge in [0.1, 0.15) is 5.65 Å². The van der Waals surface area contributed by atoms with E-state index in [0.717, 1.165) is 15.7 Å². The maximum absolute atomic E-state index is 12.7. The first-order valence-electron chi connectivity index (χ1n) is 7.84. The van der Waals surface area contributed by atoms with Gasteiger partial charge in [0, 0.05) is 22.4 Å². The molecule has 2 aromatic carbocycles. The van der Waals surface area contributed by atoms with E-state index >= 15 is 0 Å². The van der Waals surface area contributed by atoms with Crippen LogP contribution >= 0.6 is 15.9 Å². The van der Waals surface area contributed by atoms with Gasteiger partial charge in [0.05, 0.1) is 16.3 Å². The summed E-state index contributed by atoms with van der Waals surface area (Å²) in [7, 11) is -3.70. The number of nitrogens with zero attached hydrogens (tertiary/aromatic N) is 2. The van der Waals surface area contributed by atoms with E-state index in [1.807, 2.05) is 47.1 Å². The standard InChI is InChI=1S/C19H14BrN3O2S/c20-14-8-10-15(11-9-14)26(24,25)22-17-6-2-1-5-16(17)18-13-23-12-4-3-7-19(23)21-18/h1-13,22H. The Balaban J connectivity index is 1.75. The summed E-state index contributed by atoms with van der Waals surface area (Å²) in [5.74, 6) is 0. The molecule has 4 rings (SSSR count). The van der Waals surface area contributed by atoms with Crippen molar-refractivity contribution in [1.29, 1.82) is 0 Å². The first-order valence-corrected chi connectivity index (χ1v) is 10.1. The number of anilines is 1. The van der Waals surface area contributed by atoms with Crippen LogP contribution in [0.25, 0.3) is 16.9 Å². The molecule has 0 bridgehead atoms. The molecule has 130 valence electrons. The fraction of sp³-hybridized carbons (Fsp3) is 0. The summed E-state index contributed by atoms with van der Waals surface area (Å²) in [4.78, 5) is 4.78. The van der Waals surface area contributed by atoms with Gasteiger partial charge in [0.15, 0.2) is 0 Å². The number of halogens is 1. The van der Waals surface area contributed by atoms with Crippen LogP contribution in [0.3, 0.4) is 0 Å². The molecule has 0 aliphatic carbocycles. The van der Waals surface area contributed by atoms with Crippen LogP contribution in [-0.4, -0.2) is 17.8 Å². The number of sulfonamides is 1. The van der Waals surface area contributed by atoms with Gasteiger partial charge in [-0.3, -0.25) is 4.72 Å². The number of imidazole rings is 1. The molecule has 0 unspecified atom stereocenters. The molecule has 2 heterocycles. The van der Waals surface area contributed by atoms with Gasteiger partial charge in [-0.15, -0.1) is 0 Å². The predicted octanol–water partition coefficient (Wildman–Crippen LogP) is 4.56. The highest BCUT2D eigenvalue weighted by atomic mass is 79.9. The smallest absolute Gasteiger partial charge is 0.261 e. The topological polar surface area (TPSA) is 63.5 Å². The van der Waals surface area contributed by atoms with Crippen LogP contribution < -0.4 is 4.72 Å². The molecule has 1 N–H and O–H groups in total. The highest BCUT2D eigenvalue weighted by Gasteiger charge is 2.17. The lowest BCUT2D eigenvalue weighted by Crippen LogP contribution is -2.13. The van der Waals surface area contributed by atoms with Crippen LogP contribution in [0.4, 0.5) is 5.69 Å². The van der Waals surface area contributed by atoms with Crippen LogP contribution in [0, 0.1) is 0 Å². The van der Waals surface area contributed by atoms with Crippen molar-refractivity contribution in [3.63, 3.8) is 0 Å². The average Bonchev–Trinajstić information content (AvgIpc) is 3.06. The molecule has 0 atom stereocenters. The first kappa shape index (κ1) is 16.8. The number of hydrogen-bond donors (Lipinski definition) is 1. The van der Waals surface area contributed by atoms with Crippen LogP contribution in [-0.2, 0) is 10.0 Å². The van der Waals surface area contributed by atoms with Crippen molar-refractivity contribution in [3.8, 4) is 11.3 Å². The lowest BCUT2D eigenvalue weighted by Gasteiger charge is -2.11. The van der Waals surface area contributed by atoms with Gasteiger partial charge < -0.3 is 4.40 Å². The van der Waals surface area contributed by atoms with Crippen molar-refractivity contribution in [2.75, 3.05) is 4.72 Å². The van der Waals surface area contributed by atoms with Gasteiger partial charge in [0.25, 0.3) is 10.0 Å². The minimum absolute atomic E-state index is 0.200. The molecule has 0 spiro atoms. The Morgan fingerprint density at radius 1 is 0.923 bits per heavy atom. The summed E-state index contributed by atoms with van der Waals surface area (Å²) in [6, 6.07) is 19.5. The molecule has 0 amide bonds. The Hall–Kier alpha value is -2.64. The van der Waals surface area contributed by atoms with Gasteiger partial charge in [-0.1, -0.05) is 40.2 Å². The van der Waals surface area contributed by atoms with Crippen molar-refractivity contribution < 1.29 is 8.42 Å². The normalized spacial score (nSPS) is 11.6. The van der Waals surface area contributed by atoms with Crippen molar-refractivity contribution in [2.45, 2.75) is 4.90 Å². The fourth-order valence-corrected chi connectivity index (χ4v) is 4.02. The molecule has 0 saturated carbocycles. The van der Waals surface area contributed by atoms with Gasteiger partial charge in [-0.05, 0) is 42.5 Å². The van der Waals surface area contributed by atoms with Gasteiger partial charge in [-0.25, -0.2) is 13.4 Å². The number of fused-ring (bicyclic) bond motifs is 1. The SMILES string of the molecule is O=S(=O)(Nc1ccccc1-c1cn2ccccc2n1)c1ccc(Br)cc1. The number of nitrogens with one attached hydrogen (secondary N) is 1. The number of pyridine rings is 1. The highest BCUT2D eigenvalue weighted by Crippen LogP contribution is 2.29. The lowest BCUT2D eigenvalue weighted by molar-refractivity contribution is 0.601. The van der Waals surface area contributed by atoms with Crippen LogP contribution in [0.1, 0.15) is 0 Å². The molecule has 0 saturated heterocycles. The van der Waals surface area contributed by atoms with Crippen molar-refractivity contribution in [3.05, 3.63) is 83.6 Å². The number of rotatable bonds is 4. The fourth-order valence-electron chi connectivity index (χ4n) is 2.68. The van der Waals surface area contributed by atoms with Gasteiger partial charge >= 0.3 is 0 Å². The lowest BCUT2D eigenvalue weighted by atomic mass is 10.1. The van der Waals surface area contributed by atoms with E-state index in [-0.39, 0.29) is 4.90 Å². The predicted molar refractivity (Wildman–Crippen MR) is 106 cm³/mol. The van der Waals surface area contributed by atoms with E-state index in [4.69, 9.17) is 0 Å². The quantitative estimate of drug-likeness (QED) is 0.518. The minimum atomic E-state index is -3.70. The molecule has 0 fully saturated rings. The summed E-state index contributed by atoms with van der Waals surface area (Å²) < 4.78 is 30.8. The Kier molecular flexibility index (Phi) is 4.26. The van der Waals surface area contributed by atoms with Crippen molar-refractivity contribution >= 4 is 37.3 Å². The zero-order valence-corrected chi connectivity index (χ0v) is 15.9. The second-order valence-corrected chi connectivity index (χ2v) is 8.30. The summed E-state index contributed by atoms with van der Waals surface area (Å²) in [6.07, 6.45) is 3.78.